The molecule has 2 aromatic heterocycles. The van der Waals surface area contributed by atoms with E-state index in [1.54, 1.807) is 0 Å². The predicted molar refractivity (Wildman–Crippen MR) is 111 cm³/mol. The minimum atomic E-state index is 0.418. The van der Waals surface area contributed by atoms with E-state index >= 15 is 0 Å². The lowest BCUT2D eigenvalue weighted by atomic mass is 9.95. The number of pyridine rings is 1. The Morgan fingerprint density at radius 1 is 0.929 bits per heavy atom. The molecule has 0 radical (unpaired) electrons. The Morgan fingerprint density at radius 3 is 2.61 bits per heavy atom. The van der Waals surface area contributed by atoms with Gasteiger partial charge in [-0.2, -0.15) is 0 Å². The fourth-order valence-corrected chi connectivity index (χ4v) is 5.08. The highest BCUT2D eigenvalue weighted by Gasteiger charge is 2.45. The van der Waals surface area contributed by atoms with Crippen molar-refractivity contribution >= 4 is 22.5 Å². The van der Waals surface area contributed by atoms with Crippen LogP contribution >= 0.6 is 0 Å². The number of hydrogen-bond donors (Lipinski definition) is 0. The number of rotatable bonds is 3. The Hall–Kier alpha value is -2.73. The maximum Gasteiger partial charge on any atom is 0.152 e. The highest BCUT2D eigenvalue weighted by Crippen LogP contribution is 2.40. The van der Waals surface area contributed by atoms with Crippen LogP contribution < -0.4 is 9.80 Å². The summed E-state index contributed by atoms with van der Waals surface area (Å²) in [5, 5.41) is 1.19. The predicted octanol–water partition coefficient (Wildman–Crippen LogP) is 2.87. The van der Waals surface area contributed by atoms with Crippen molar-refractivity contribution in [2.75, 3.05) is 36.5 Å². The van der Waals surface area contributed by atoms with Crippen LogP contribution in [-0.4, -0.2) is 58.7 Å². The Balaban J connectivity index is 1.23. The molecule has 5 heterocycles. The molecular formula is C22H24N6. The second kappa shape index (κ2) is 6.14. The topological polar surface area (TPSA) is 48.4 Å². The third-order valence-electron chi connectivity index (χ3n) is 6.73. The van der Waals surface area contributed by atoms with Gasteiger partial charge in [-0.1, -0.05) is 18.2 Å². The molecule has 0 N–H and O–H groups in total. The molecule has 3 fully saturated rings. The van der Waals surface area contributed by atoms with Gasteiger partial charge in [0.15, 0.2) is 5.82 Å². The van der Waals surface area contributed by atoms with E-state index in [0.717, 1.165) is 42.5 Å². The molecule has 0 amide bonds. The normalized spacial score (nSPS) is 24.9. The molecule has 3 aliphatic rings. The molecule has 6 rings (SSSR count). The Labute approximate surface area is 164 Å². The first-order chi connectivity index (χ1) is 13.8. The molecule has 0 aliphatic carbocycles. The van der Waals surface area contributed by atoms with Gasteiger partial charge in [-0.3, -0.25) is 9.88 Å². The maximum absolute atomic E-state index is 4.84. The zero-order valence-corrected chi connectivity index (χ0v) is 16.1. The molecule has 28 heavy (non-hydrogen) atoms. The number of anilines is 2. The lowest BCUT2D eigenvalue weighted by Gasteiger charge is -2.41. The zero-order valence-electron chi connectivity index (χ0n) is 16.1. The summed E-state index contributed by atoms with van der Waals surface area (Å²) in [6.07, 6.45) is 6.70. The molecule has 2 atom stereocenters. The molecule has 3 aromatic rings. The quantitative estimate of drug-likeness (QED) is 0.705. The van der Waals surface area contributed by atoms with Crippen molar-refractivity contribution in [3.8, 4) is 0 Å². The molecule has 0 unspecified atom stereocenters. The number of para-hydroxylation sites is 1. The van der Waals surface area contributed by atoms with Gasteiger partial charge in [0.1, 0.15) is 5.82 Å². The summed E-state index contributed by atoms with van der Waals surface area (Å²) in [6.45, 7) is 2.99. The second-order valence-electron chi connectivity index (χ2n) is 8.26. The van der Waals surface area contributed by atoms with Crippen LogP contribution in [0.5, 0.6) is 0 Å². The second-order valence-corrected chi connectivity index (χ2v) is 8.26. The van der Waals surface area contributed by atoms with Gasteiger partial charge in [-0.25, -0.2) is 9.97 Å². The van der Waals surface area contributed by atoms with E-state index in [1.165, 1.54) is 18.2 Å². The molecule has 3 saturated heterocycles. The number of benzene rings is 1. The largest absolute Gasteiger partial charge is 0.355 e. The van der Waals surface area contributed by atoms with Gasteiger partial charge < -0.3 is 9.80 Å². The van der Waals surface area contributed by atoms with Gasteiger partial charge in [0.25, 0.3) is 0 Å². The van der Waals surface area contributed by atoms with Crippen molar-refractivity contribution in [3.05, 3.63) is 54.5 Å². The SMILES string of the molecule is CN1[C@@H]2CC[C@H]1N(c1nccnc1C1CN(c3ccc4ccccc4n3)C1)C2. The highest BCUT2D eigenvalue weighted by atomic mass is 15.5. The highest BCUT2D eigenvalue weighted by molar-refractivity contribution is 5.80. The summed E-state index contributed by atoms with van der Waals surface area (Å²) in [4.78, 5) is 21.7. The van der Waals surface area contributed by atoms with Crippen molar-refractivity contribution in [1.82, 2.24) is 19.9 Å². The van der Waals surface area contributed by atoms with E-state index in [0.29, 0.717) is 18.1 Å². The number of likely N-dealkylation sites (N-methyl/N-ethyl adjacent to an activating group) is 1. The van der Waals surface area contributed by atoms with E-state index in [9.17, 15) is 0 Å². The fraction of sp³-hybridized carbons (Fsp3) is 0.409. The molecule has 142 valence electrons. The summed E-state index contributed by atoms with van der Waals surface area (Å²) >= 11 is 0. The molecule has 6 heteroatoms. The first-order valence-electron chi connectivity index (χ1n) is 10.2. The fourth-order valence-electron chi connectivity index (χ4n) is 5.08. The average Bonchev–Trinajstić information content (AvgIpc) is 3.22. The van der Waals surface area contributed by atoms with Crippen molar-refractivity contribution in [3.63, 3.8) is 0 Å². The molecule has 3 aliphatic heterocycles. The molecule has 6 nitrogen and oxygen atoms in total. The summed E-state index contributed by atoms with van der Waals surface area (Å²) in [5.74, 6) is 2.57. The van der Waals surface area contributed by atoms with Gasteiger partial charge >= 0.3 is 0 Å². The maximum atomic E-state index is 4.84. The monoisotopic (exact) mass is 372 g/mol. The third kappa shape index (κ3) is 2.41. The van der Waals surface area contributed by atoms with E-state index in [4.69, 9.17) is 15.0 Å². The minimum absolute atomic E-state index is 0.418. The van der Waals surface area contributed by atoms with Gasteiger partial charge in [-0.05, 0) is 38.1 Å². The van der Waals surface area contributed by atoms with Crippen molar-refractivity contribution < 1.29 is 0 Å². The zero-order chi connectivity index (χ0) is 18.7. The van der Waals surface area contributed by atoms with Crippen LogP contribution in [0.4, 0.5) is 11.6 Å². The summed E-state index contributed by atoms with van der Waals surface area (Å²) in [5.41, 5.74) is 2.21. The average molecular weight is 372 g/mol. The number of fused-ring (bicyclic) bond motifs is 3. The summed E-state index contributed by atoms with van der Waals surface area (Å²) < 4.78 is 0. The molecular weight excluding hydrogens is 348 g/mol. The smallest absolute Gasteiger partial charge is 0.152 e. The van der Waals surface area contributed by atoms with E-state index in [-0.39, 0.29) is 0 Å². The Morgan fingerprint density at radius 2 is 1.79 bits per heavy atom. The van der Waals surface area contributed by atoms with Crippen LogP contribution in [0.15, 0.2) is 48.8 Å². The van der Waals surface area contributed by atoms with Gasteiger partial charge in [0.2, 0.25) is 0 Å². The van der Waals surface area contributed by atoms with Gasteiger partial charge in [0, 0.05) is 49.4 Å². The van der Waals surface area contributed by atoms with E-state index in [1.807, 2.05) is 18.5 Å². The summed E-state index contributed by atoms with van der Waals surface area (Å²) in [7, 11) is 2.24. The number of nitrogens with zero attached hydrogens (tertiary/aromatic N) is 6. The number of piperidine rings is 1. The van der Waals surface area contributed by atoms with Crippen molar-refractivity contribution in [2.45, 2.75) is 31.0 Å². The minimum Gasteiger partial charge on any atom is -0.355 e. The molecule has 2 bridgehead atoms. The standard InChI is InChI=1S/C22H24N6/c1-26-17-7-9-20(26)28(14-17)22-21(23-10-11-24-22)16-12-27(13-16)19-8-6-15-4-2-3-5-18(15)25-19/h2-6,8,10-11,16-17,20H,7,9,12-14H2,1H3/t17-,20-/m1/s1. The summed E-state index contributed by atoms with van der Waals surface area (Å²) in [6, 6.07) is 13.2. The Kier molecular flexibility index (Phi) is 3.56. The number of aromatic nitrogens is 3. The molecule has 0 saturated carbocycles. The first-order valence-corrected chi connectivity index (χ1v) is 10.2. The van der Waals surface area contributed by atoms with Crippen LogP contribution in [0, 0.1) is 0 Å². The van der Waals surface area contributed by atoms with E-state index < -0.39 is 0 Å². The van der Waals surface area contributed by atoms with E-state index in [2.05, 4.69) is 52.1 Å². The first kappa shape index (κ1) is 16.2. The van der Waals surface area contributed by atoms with Crippen LogP contribution in [0.2, 0.25) is 0 Å². The van der Waals surface area contributed by atoms with Crippen LogP contribution in [0.1, 0.15) is 24.5 Å². The third-order valence-corrected chi connectivity index (χ3v) is 6.73. The molecule has 1 aromatic carbocycles. The van der Waals surface area contributed by atoms with Crippen LogP contribution in [-0.2, 0) is 0 Å². The van der Waals surface area contributed by atoms with Gasteiger partial charge in [0.05, 0.1) is 17.4 Å². The lowest BCUT2D eigenvalue weighted by Crippen LogP contribution is -2.47. The number of hydrogen-bond acceptors (Lipinski definition) is 6. The lowest BCUT2D eigenvalue weighted by molar-refractivity contribution is 0.316. The van der Waals surface area contributed by atoms with Crippen molar-refractivity contribution in [1.29, 1.82) is 0 Å². The Bertz CT molecular complexity index is 1030. The van der Waals surface area contributed by atoms with Crippen molar-refractivity contribution in [2.24, 2.45) is 0 Å². The van der Waals surface area contributed by atoms with Gasteiger partial charge in [-0.15, -0.1) is 0 Å². The van der Waals surface area contributed by atoms with Crippen LogP contribution in [0.25, 0.3) is 10.9 Å². The van der Waals surface area contributed by atoms with Crippen LogP contribution in [0.3, 0.4) is 0 Å². The molecule has 0 spiro atoms.